The standard InChI is InChI=1S/C14H17N5O6/c1-24-8(21)3-2-6-9-12(15)16-5-17-13(9)19(18-6)14-11(23)10(22)7(4-20)25-14/h2-3,5,7,10-11,14,20,22-23H,4H2,1H3,(H2,15,16,17)/b3-2+/t7-,10-,11-,14-/m1/s1. The number of aliphatic hydroxyl groups excluding tert-OH is 3. The van der Waals surface area contributed by atoms with Gasteiger partial charge in [0.1, 0.15) is 30.5 Å². The van der Waals surface area contributed by atoms with Crippen LogP contribution in [0.2, 0.25) is 0 Å². The lowest BCUT2D eigenvalue weighted by Crippen LogP contribution is -2.33. The molecule has 0 bridgehead atoms. The third kappa shape index (κ3) is 2.93. The third-order valence-electron chi connectivity index (χ3n) is 3.88. The molecule has 2 aromatic heterocycles. The summed E-state index contributed by atoms with van der Waals surface area (Å²) in [5.74, 6) is -0.474. The minimum absolute atomic E-state index is 0.118. The molecule has 0 radical (unpaired) electrons. The first kappa shape index (κ1) is 17.2. The van der Waals surface area contributed by atoms with Crippen molar-refractivity contribution in [3.8, 4) is 0 Å². The zero-order valence-electron chi connectivity index (χ0n) is 13.2. The van der Waals surface area contributed by atoms with Crippen molar-refractivity contribution in [2.45, 2.75) is 24.5 Å². The van der Waals surface area contributed by atoms with Crippen LogP contribution in [0, 0.1) is 0 Å². The van der Waals surface area contributed by atoms with Gasteiger partial charge >= 0.3 is 5.97 Å². The van der Waals surface area contributed by atoms with Gasteiger partial charge in [0, 0.05) is 6.08 Å². The Bertz CT molecular complexity index is 821. The Kier molecular flexibility index (Phi) is 4.63. The number of esters is 1. The van der Waals surface area contributed by atoms with Gasteiger partial charge in [-0.3, -0.25) is 0 Å². The lowest BCUT2D eigenvalue weighted by atomic mass is 10.1. The highest BCUT2D eigenvalue weighted by Crippen LogP contribution is 2.33. The normalized spacial score (nSPS) is 26.6. The van der Waals surface area contributed by atoms with Gasteiger partial charge in [-0.1, -0.05) is 0 Å². The van der Waals surface area contributed by atoms with Crippen molar-refractivity contribution in [2.75, 3.05) is 19.5 Å². The van der Waals surface area contributed by atoms with E-state index >= 15 is 0 Å². The Morgan fingerprint density at radius 3 is 2.84 bits per heavy atom. The van der Waals surface area contributed by atoms with Crippen LogP contribution in [0.15, 0.2) is 12.4 Å². The molecule has 0 unspecified atom stereocenters. The minimum Gasteiger partial charge on any atom is -0.466 e. The van der Waals surface area contributed by atoms with E-state index in [4.69, 9.17) is 10.5 Å². The van der Waals surface area contributed by atoms with Gasteiger partial charge in [0.2, 0.25) is 0 Å². The number of rotatable bonds is 4. The largest absolute Gasteiger partial charge is 0.466 e. The third-order valence-corrected chi connectivity index (χ3v) is 3.88. The second-order valence-corrected chi connectivity index (χ2v) is 5.37. The number of nitrogen functional groups attached to an aromatic ring is 1. The van der Waals surface area contributed by atoms with Gasteiger partial charge in [-0.15, -0.1) is 0 Å². The maximum absolute atomic E-state index is 11.3. The summed E-state index contributed by atoms with van der Waals surface area (Å²) in [7, 11) is 1.24. The number of carbonyl (C=O) groups excluding carboxylic acids is 1. The molecule has 11 nitrogen and oxygen atoms in total. The molecule has 2 aromatic rings. The van der Waals surface area contributed by atoms with E-state index in [1.54, 1.807) is 0 Å². The average Bonchev–Trinajstić information content (AvgIpc) is 3.12. The summed E-state index contributed by atoms with van der Waals surface area (Å²) in [5.41, 5.74) is 6.38. The van der Waals surface area contributed by atoms with Crippen LogP contribution in [-0.4, -0.2) is 73.1 Å². The Morgan fingerprint density at radius 2 is 2.20 bits per heavy atom. The summed E-state index contributed by atoms with van der Waals surface area (Å²) in [4.78, 5) is 19.3. The summed E-state index contributed by atoms with van der Waals surface area (Å²) in [6.07, 6.45) is -0.958. The summed E-state index contributed by atoms with van der Waals surface area (Å²) in [6, 6.07) is 0. The van der Waals surface area contributed by atoms with Crippen LogP contribution in [0.4, 0.5) is 5.82 Å². The van der Waals surface area contributed by atoms with Crippen LogP contribution >= 0.6 is 0 Å². The number of anilines is 1. The highest BCUT2D eigenvalue weighted by molar-refractivity contribution is 5.96. The van der Waals surface area contributed by atoms with Gasteiger partial charge < -0.3 is 30.5 Å². The first-order valence-corrected chi connectivity index (χ1v) is 7.35. The molecule has 0 saturated carbocycles. The fourth-order valence-electron chi connectivity index (χ4n) is 2.61. The van der Waals surface area contributed by atoms with Crippen molar-refractivity contribution in [1.82, 2.24) is 19.7 Å². The zero-order chi connectivity index (χ0) is 18.1. The summed E-state index contributed by atoms with van der Waals surface area (Å²) < 4.78 is 11.2. The van der Waals surface area contributed by atoms with Crippen LogP contribution < -0.4 is 5.73 Å². The highest BCUT2D eigenvalue weighted by atomic mass is 16.6. The van der Waals surface area contributed by atoms with Gasteiger partial charge in [0.15, 0.2) is 11.9 Å². The van der Waals surface area contributed by atoms with E-state index in [2.05, 4.69) is 19.8 Å². The molecular weight excluding hydrogens is 334 g/mol. The van der Waals surface area contributed by atoms with Crippen molar-refractivity contribution in [1.29, 1.82) is 0 Å². The van der Waals surface area contributed by atoms with E-state index < -0.39 is 37.1 Å². The molecule has 0 aliphatic carbocycles. The number of aliphatic hydroxyl groups is 3. The summed E-state index contributed by atoms with van der Waals surface area (Å²) >= 11 is 0. The Morgan fingerprint density at radius 1 is 1.44 bits per heavy atom. The molecule has 3 rings (SSSR count). The first-order valence-electron chi connectivity index (χ1n) is 7.35. The second kappa shape index (κ2) is 6.72. The van der Waals surface area contributed by atoms with Gasteiger partial charge in [-0.05, 0) is 6.08 Å². The number of aromatic nitrogens is 4. The first-order chi connectivity index (χ1) is 12.0. The van der Waals surface area contributed by atoms with Crippen LogP contribution in [0.3, 0.4) is 0 Å². The van der Waals surface area contributed by atoms with Crippen LogP contribution in [0.5, 0.6) is 0 Å². The van der Waals surface area contributed by atoms with E-state index in [0.717, 1.165) is 6.08 Å². The van der Waals surface area contributed by atoms with Crippen molar-refractivity contribution in [3.63, 3.8) is 0 Å². The van der Waals surface area contributed by atoms with Crippen molar-refractivity contribution in [2.24, 2.45) is 0 Å². The van der Waals surface area contributed by atoms with Gasteiger partial charge in [0.05, 0.1) is 24.8 Å². The van der Waals surface area contributed by atoms with Crippen LogP contribution in [0.25, 0.3) is 17.1 Å². The SMILES string of the molecule is COC(=O)/C=C/c1nn([C@@H]2O[C@H](CO)[C@@H](O)[C@H]2O)c2ncnc(N)c12. The van der Waals surface area contributed by atoms with E-state index in [0.29, 0.717) is 5.39 Å². The molecular formula is C14H17N5O6. The van der Waals surface area contributed by atoms with Gasteiger partial charge in [0.25, 0.3) is 0 Å². The van der Waals surface area contributed by atoms with Crippen LogP contribution in [0.1, 0.15) is 11.9 Å². The highest BCUT2D eigenvalue weighted by Gasteiger charge is 2.44. The van der Waals surface area contributed by atoms with Gasteiger partial charge in [-0.2, -0.15) is 5.10 Å². The van der Waals surface area contributed by atoms with E-state index in [1.165, 1.54) is 24.2 Å². The molecule has 0 aromatic carbocycles. The van der Waals surface area contributed by atoms with Crippen molar-refractivity contribution in [3.05, 3.63) is 18.1 Å². The number of carbonyl (C=O) groups is 1. The second-order valence-electron chi connectivity index (χ2n) is 5.37. The van der Waals surface area contributed by atoms with Crippen LogP contribution in [-0.2, 0) is 14.3 Å². The zero-order valence-corrected chi connectivity index (χ0v) is 13.2. The number of nitrogens with zero attached hydrogens (tertiary/aromatic N) is 4. The van der Waals surface area contributed by atoms with E-state index in [1.807, 2.05) is 0 Å². The van der Waals surface area contributed by atoms with Gasteiger partial charge in [-0.25, -0.2) is 19.4 Å². The molecule has 134 valence electrons. The minimum atomic E-state index is -1.34. The summed E-state index contributed by atoms with van der Waals surface area (Å²) in [5, 5.41) is 33.9. The van der Waals surface area contributed by atoms with E-state index in [9.17, 15) is 20.1 Å². The summed E-state index contributed by atoms with van der Waals surface area (Å²) in [6.45, 7) is -0.472. The fraction of sp³-hybridized carbons (Fsp3) is 0.429. The quantitative estimate of drug-likeness (QED) is 0.365. The molecule has 25 heavy (non-hydrogen) atoms. The number of hydrogen-bond acceptors (Lipinski definition) is 10. The number of methoxy groups -OCH3 is 1. The molecule has 1 fully saturated rings. The number of ether oxygens (including phenoxy) is 2. The molecule has 5 N–H and O–H groups in total. The predicted octanol–water partition coefficient (Wildman–Crippen LogP) is -1.79. The fourth-order valence-corrected chi connectivity index (χ4v) is 2.61. The predicted molar refractivity (Wildman–Crippen MR) is 83.8 cm³/mol. The number of fused-ring (bicyclic) bond motifs is 1. The molecule has 1 aliphatic heterocycles. The number of nitrogens with two attached hydrogens (primary N) is 1. The van der Waals surface area contributed by atoms with Crippen molar-refractivity contribution < 1.29 is 29.6 Å². The molecule has 0 amide bonds. The lowest BCUT2D eigenvalue weighted by Gasteiger charge is -2.15. The Hall–Kier alpha value is -2.60. The molecule has 1 aliphatic rings. The topological polar surface area (TPSA) is 166 Å². The number of hydrogen-bond donors (Lipinski definition) is 4. The van der Waals surface area contributed by atoms with Crippen molar-refractivity contribution >= 4 is 28.9 Å². The molecule has 4 atom stereocenters. The Balaban J connectivity index is 2.09. The molecule has 0 spiro atoms. The average molecular weight is 351 g/mol. The molecule has 11 heteroatoms. The monoisotopic (exact) mass is 351 g/mol. The Labute approximate surface area is 141 Å². The smallest absolute Gasteiger partial charge is 0.330 e. The lowest BCUT2D eigenvalue weighted by molar-refractivity contribution is -0.134. The molecule has 1 saturated heterocycles. The maximum atomic E-state index is 11.3. The van der Waals surface area contributed by atoms with E-state index in [-0.39, 0.29) is 17.2 Å². The maximum Gasteiger partial charge on any atom is 0.330 e. The molecule has 3 heterocycles.